The second-order valence-electron chi connectivity index (χ2n) is 7.09. The van der Waals surface area contributed by atoms with Gasteiger partial charge < -0.3 is 14.4 Å². The average Bonchev–Trinajstić information content (AvgIpc) is 2.78. The number of ether oxygens (including phenoxy) is 2. The van der Waals surface area contributed by atoms with Gasteiger partial charge >= 0.3 is 5.69 Å². The van der Waals surface area contributed by atoms with E-state index < -0.39 is 11.2 Å². The Morgan fingerprint density at radius 1 is 1.10 bits per heavy atom. The van der Waals surface area contributed by atoms with Crippen LogP contribution < -0.4 is 16.0 Å². The molecule has 0 unspecified atom stereocenters. The SMILES string of the molecule is CCOc1ccc(-n2c(=O)c3ccc(Cl)cc3n(CC(=O)N3CCOCC3)c2=O)cc1. The maximum atomic E-state index is 13.4. The summed E-state index contributed by atoms with van der Waals surface area (Å²) in [5.41, 5.74) is -0.365. The molecule has 1 aliphatic rings. The van der Waals surface area contributed by atoms with Crippen molar-refractivity contribution in [3.8, 4) is 11.4 Å². The third kappa shape index (κ3) is 4.22. The minimum Gasteiger partial charge on any atom is -0.494 e. The van der Waals surface area contributed by atoms with Crippen molar-refractivity contribution in [1.29, 1.82) is 0 Å². The highest BCUT2D eigenvalue weighted by Crippen LogP contribution is 2.18. The Morgan fingerprint density at radius 2 is 1.81 bits per heavy atom. The van der Waals surface area contributed by atoms with Crippen molar-refractivity contribution in [2.75, 3.05) is 32.9 Å². The van der Waals surface area contributed by atoms with Crippen LogP contribution in [-0.2, 0) is 16.1 Å². The predicted molar refractivity (Wildman–Crippen MR) is 117 cm³/mol. The van der Waals surface area contributed by atoms with Crippen LogP contribution in [0.3, 0.4) is 0 Å². The fraction of sp³-hybridized carbons (Fsp3) is 0.318. The molecule has 2 heterocycles. The first-order valence-electron chi connectivity index (χ1n) is 10.0. The molecule has 3 aromatic rings. The van der Waals surface area contributed by atoms with Gasteiger partial charge in [0.25, 0.3) is 5.56 Å². The highest BCUT2D eigenvalue weighted by atomic mass is 35.5. The van der Waals surface area contributed by atoms with Gasteiger partial charge in [0.15, 0.2) is 0 Å². The Labute approximate surface area is 183 Å². The molecule has 31 heavy (non-hydrogen) atoms. The van der Waals surface area contributed by atoms with Gasteiger partial charge in [-0.3, -0.25) is 14.2 Å². The van der Waals surface area contributed by atoms with Gasteiger partial charge in [-0.15, -0.1) is 0 Å². The lowest BCUT2D eigenvalue weighted by Crippen LogP contribution is -2.45. The van der Waals surface area contributed by atoms with Crippen LogP contribution in [0.1, 0.15) is 6.92 Å². The van der Waals surface area contributed by atoms with Crippen molar-refractivity contribution >= 4 is 28.4 Å². The third-order valence-corrected chi connectivity index (χ3v) is 5.40. The minimum absolute atomic E-state index is 0.201. The summed E-state index contributed by atoms with van der Waals surface area (Å²) in [6.45, 7) is 4.02. The smallest absolute Gasteiger partial charge is 0.336 e. The van der Waals surface area contributed by atoms with Gasteiger partial charge in [0.1, 0.15) is 12.3 Å². The molecule has 162 valence electrons. The number of morpholine rings is 1. The van der Waals surface area contributed by atoms with E-state index in [0.29, 0.717) is 60.3 Å². The highest BCUT2D eigenvalue weighted by Gasteiger charge is 2.21. The van der Waals surface area contributed by atoms with Crippen LogP contribution in [0.25, 0.3) is 16.6 Å². The van der Waals surface area contributed by atoms with Crippen molar-refractivity contribution in [3.63, 3.8) is 0 Å². The average molecular weight is 444 g/mol. The zero-order valence-electron chi connectivity index (χ0n) is 17.0. The van der Waals surface area contributed by atoms with Crippen LogP contribution in [-0.4, -0.2) is 52.9 Å². The second-order valence-corrected chi connectivity index (χ2v) is 7.53. The molecule has 0 bridgehead atoms. The fourth-order valence-corrected chi connectivity index (χ4v) is 3.79. The monoisotopic (exact) mass is 443 g/mol. The summed E-state index contributed by atoms with van der Waals surface area (Å²) < 4.78 is 13.1. The maximum Gasteiger partial charge on any atom is 0.336 e. The number of fused-ring (bicyclic) bond motifs is 1. The molecule has 1 saturated heterocycles. The largest absolute Gasteiger partial charge is 0.494 e. The van der Waals surface area contributed by atoms with Crippen LogP contribution in [0.4, 0.5) is 0 Å². The number of aromatic nitrogens is 2. The second kappa shape index (κ2) is 8.95. The zero-order valence-corrected chi connectivity index (χ0v) is 17.8. The molecule has 0 saturated carbocycles. The Balaban J connectivity index is 1.85. The molecule has 0 atom stereocenters. The van der Waals surface area contributed by atoms with E-state index in [2.05, 4.69) is 0 Å². The topological polar surface area (TPSA) is 82.8 Å². The Morgan fingerprint density at radius 3 is 2.48 bits per heavy atom. The van der Waals surface area contributed by atoms with Gasteiger partial charge in [-0.05, 0) is 49.4 Å². The number of carbonyl (C=O) groups excluding carboxylic acids is 1. The number of benzene rings is 2. The molecule has 1 aromatic heterocycles. The maximum absolute atomic E-state index is 13.4. The molecule has 0 radical (unpaired) electrons. The molecule has 0 N–H and O–H groups in total. The van der Waals surface area contributed by atoms with Gasteiger partial charge in [0.2, 0.25) is 5.91 Å². The number of rotatable bonds is 5. The summed E-state index contributed by atoms with van der Waals surface area (Å²) in [6, 6.07) is 11.4. The Bertz CT molecular complexity index is 1230. The van der Waals surface area contributed by atoms with Crippen molar-refractivity contribution < 1.29 is 14.3 Å². The minimum atomic E-state index is -0.606. The summed E-state index contributed by atoms with van der Waals surface area (Å²) in [5.74, 6) is 0.415. The van der Waals surface area contributed by atoms with Gasteiger partial charge in [0, 0.05) is 18.1 Å². The molecule has 1 amide bonds. The normalized spacial score (nSPS) is 14.1. The first-order chi connectivity index (χ1) is 15.0. The van der Waals surface area contributed by atoms with E-state index in [4.69, 9.17) is 21.1 Å². The highest BCUT2D eigenvalue weighted by molar-refractivity contribution is 6.31. The van der Waals surface area contributed by atoms with Crippen molar-refractivity contribution in [3.05, 3.63) is 68.3 Å². The molecule has 8 nitrogen and oxygen atoms in total. The van der Waals surface area contributed by atoms with Gasteiger partial charge in [0.05, 0.1) is 36.4 Å². The molecular weight excluding hydrogens is 422 g/mol. The van der Waals surface area contributed by atoms with Gasteiger partial charge in [-0.25, -0.2) is 9.36 Å². The van der Waals surface area contributed by atoms with Crippen molar-refractivity contribution in [2.24, 2.45) is 0 Å². The summed E-state index contributed by atoms with van der Waals surface area (Å²) in [4.78, 5) is 41.1. The van der Waals surface area contributed by atoms with Crippen LogP contribution in [0.15, 0.2) is 52.1 Å². The standard InChI is InChI=1S/C22H22ClN3O5/c1-2-31-17-6-4-16(5-7-17)26-21(28)18-8-3-15(23)13-19(18)25(22(26)29)14-20(27)24-9-11-30-12-10-24/h3-8,13H,2,9-12,14H2,1H3. The lowest BCUT2D eigenvalue weighted by atomic mass is 10.2. The third-order valence-electron chi connectivity index (χ3n) is 5.17. The molecule has 4 rings (SSSR count). The molecular formula is C22H22ClN3O5. The zero-order chi connectivity index (χ0) is 22.0. The van der Waals surface area contributed by atoms with Crippen LogP contribution in [0.5, 0.6) is 5.75 Å². The number of nitrogens with zero attached hydrogens (tertiary/aromatic N) is 3. The first-order valence-corrected chi connectivity index (χ1v) is 10.4. The molecule has 0 aliphatic carbocycles. The Hall–Kier alpha value is -3.10. The molecule has 2 aromatic carbocycles. The van der Waals surface area contributed by atoms with Crippen molar-refractivity contribution in [1.82, 2.24) is 14.0 Å². The Kier molecular flexibility index (Phi) is 6.11. The van der Waals surface area contributed by atoms with Crippen LogP contribution in [0, 0.1) is 0 Å². The van der Waals surface area contributed by atoms with Crippen LogP contribution >= 0.6 is 11.6 Å². The van der Waals surface area contributed by atoms with Gasteiger partial charge in [-0.2, -0.15) is 0 Å². The molecule has 1 fully saturated rings. The summed E-state index contributed by atoms with van der Waals surface area (Å²) in [7, 11) is 0. The van der Waals surface area contributed by atoms with E-state index >= 15 is 0 Å². The lowest BCUT2D eigenvalue weighted by Gasteiger charge is -2.27. The lowest BCUT2D eigenvalue weighted by molar-refractivity contribution is -0.135. The van der Waals surface area contributed by atoms with E-state index in [-0.39, 0.29) is 12.5 Å². The summed E-state index contributed by atoms with van der Waals surface area (Å²) in [6.07, 6.45) is 0. The quantitative estimate of drug-likeness (QED) is 0.602. The van der Waals surface area contributed by atoms with Gasteiger partial charge in [-0.1, -0.05) is 11.6 Å². The summed E-state index contributed by atoms with van der Waals surface area (Å²) in [5, 5.41) is 0.672. The van der Waals surface area contributed by atoms with E-state index in [1.807, 2.05) is 6.92 Å². The fourth-order valence-electron chi connectivity index (χ4n) is 3.63. The molecule has 1 aliphatic heterocycles. The van der Waals surface area contributed by atoms with E-state index in [0.717, 1.165) is 4.57 Å². The molecule has 9 heteroatoms. The number of hydrogen-bond acceptors (Lipinski definition) is 5. The number of halogens is 1. The van der Waals surface area contributed by atoms with E-state index in [1.54, 1.807) is 41.3 Å². The van der Waals surface area contributed by atoms with Crippen molar-refractivity contribution in [2.45, 2.75) is 13.5 Å². The van der Waals surface area contributed by atoms with E-state index in [1.165, 1.54) is 10.6 Å². The van der Waals surface area contributed by atoms with Crippen LogP contribution in [0.2, 0.25) is 5.02 Å². The first kappa shape index (κ1) is 21.1. The van der Waals surface area contributed by atoms with E-state index in [9.17, 15) is 14.4 Å². The number of amides is 1. The number of carbonyl (C=O) groups is 1. The molecule has 0 spiro atoms. The predicted octanol–water partition coefficient (Wildman–Crippen LogP) is 2.06. The number of hydrogen-bond donors (Lipinski definition) is 0. The summed E-state index contributed by atoms with van der Waals surface area (Å²) >= 11 is 6.13.